The Labute approximate surface area is 390 Å². The zero-order valence-electron chi connectivity index (χ0n) is 41.6. The van der Waals surface area contributed by atoms with Gasteiger partial charge in [0.25, 0.3) is 0 Å². The smallest absolute Gasteiger partial charge is 0.306 e. The highest BCUT2D eigenvalue weighted by atomic mass is 16.6. The Hall–Kier alpha value is -2.89. The van der Waals surface area contributed by atoms with Crippen molar-refractivity contribution < 1.29 is 28.6 Å². The predicted octanol–water partition coefficient (Wildman–Crippen LogP) is 17.6. The summed E-state index contributed by atoms with van der Waals surface area (Å²) in [6, 6.07) is 0. The van der Waals surface area contributed by atoms with Crippen LogP contribution in [-0.4, -0.2) is 37.2 Å². The van der Waals surface area contributed by atoms with E-state index >= 15 is 0 Å². The van der Waals surface area contributed by atoms with Crippen molar-refractivity contribution in [2.24, 2.45) is 0 Å². The van der Waals surface area contributed by atoms with Gasteiger partial charge in [-0.1, -0.05) is 236 Å². The topological polar surface area (TPSA) is 78.9 Å². The molecular weight excluding hydrogens is 781 g/mol. The van der Waals surface area contributed by atoms with Crippen molar-refractivity contribution in [1.29, 1.82) is 0 Å². The number of carbonyl (C=O) groups is 3. The van der Waals surface area contributed by atoms with Gasteiger partial charge >= 0.3 is 17.9 Å². The Kier molecular flexibility index (Phi) is 49.4. The molecule has 0 heterocycles. The van der Waals surface area contributed by atoms with Gasteiger partial charge in [0, 0.05) is 19.3 Å². The summed E-state index contributed by atoms with van der Waals surface area (Å²) in [4.78, 5) is 38.0. The Morgan fingerprint density at radius 1 is 0.317 bits per heavy atom. The van der Waals surface area contributed by atoms with Crippen LogP contribution in [0.5, 0.6) is 0 Å². The standard InChI is InChI=1S/C57H100O6/c1-4-7-10-13-16-19-22-24-26-28-30-31-33-35-38-41-44-47-50-56(59)62-53-54(52-61-55(58)49-46-43-40-37-21-18-15-12-9-6-3)63-57(60)51-48-45-42-39-36-34-32-29-27-25-23-20-17-14-11-8-5-2/h16,19,22,24-28,30-31,54H,4-15,17-18,20-21,23,29,32-53H2,1-3H3/b19-16-,24-22-,27-25-,28-26-,31-30-. The fourth-order valence-electron chi connectivity index (χ4n) is 7.51. The van der Waals surface area contributed by atoms with Gasteiger partial charge in [-0.3, -0.25) is 14.4 Å². The summed E-state index contributed by atoms with van der Waals surface area (Å²) in [5.74, 6) is -0.905. The number of allylic oxidation sites excluding steroid dienone is 10. The molecule has 0 fully saturated rings. The Bertz CT molecular complexity index is 1150. The molecule has 0 radical (unpaired) electrons. The Balaban J connectivity index is 4.39. The summed E-state index contributed by atoms with van der Waals surface area (Å²) >= 11 is 0. The highest BCUT2D eigenvalue weighted by Gasteiger charge is 2.19. The SMILES string of the molecule is CCCCC\C=C/C=C\C=C/C=C\CCCCCCCC(=O)OCC(COC(=O)CCCCCCCCCCCC)OC(=O)CCCCCCCCC/C=C\CCCCCCCC. The second-order valence-electron chi connectivity index (χ2n) is 17.9. The van der Waals surface area contributed by atoms with E-state index in [9.17, 15) is 14.4 Å². The summed E-state index contributed by atoms with van der Waals surface area (Å²) in [6.07, 6.45) is 63.4. The van der Waals surface area contributed by atoms with Crippen LogP contribution in [0.25, 0.3) is 0 Å². The predicted molar refractivity (Wildman–Crippen MR) is 270 cm³/mol. The van der Waals surface area contributed by atoms with Gasteiger partial charge < -0.3 is 14.2 Å². The van der Waals surface area contributed by atoms with Crippen LogP contribution >= 0.6 is 0 Å². The molecule has 1 atom stereocenters. The first kappa shape index (κ1) is 60.1. The molecule has 0 aliphatic heterocycles. The number of rotatable bonds is 48. The summed E-state index contributed by atoms with van der Waals surface area (Å²) in [5.41, 5.74) is 0. The highest BCUT2D eigenvalue weighted by molar-refractivity contribution is 5.71. The van der Waals surface area contributed by atoms with Crippen LogP contribution in [0.3, 0.4) is 0 Å². The van der Waals surface area contributed by atoms with Crippen LogP contribution in [0, 0.1) is 0 Å². The quantitative estimate of drug-likeness (QED) is 0.0199. The second kappa shape index (κ2) is 51.7. The van der Waals surface area contributed by atoms with E-state index in [0.717, 1.165) is 83.5 Å². The lowest BCUT2D eigenvalue weighted by Gasteiger charge is -2.18. The molecule has 0 N–H and O–H groups in total. The summed E-state index contributed by atoms with van der Waals surface area (Å²) in [5, 5.41) is 0. The van der Waals surface area contributed by atoms with Crippen LogP contribution in [0.15, 0.2) is 60.8 Å². The fourth-order valence-corrected chi connectivity index (χ4v) is 7.51. The molecule has 0 aromatic rings. The van der Waals surface area contributed by atoms with Crippen LogP contribution in [0.1, 0.15) is 265 Å². The van der Waals surface area contributed by atoms with Crippen molar-refractivity contribution in [2.45, 2.75) is 271 Å². The number of ether oxygens (including phenoxy) is 3. The number of hydrogen-bond donors (Lipinski definition) is 0. The maximum Gasteiger partial charge on any atom is 0.306 e. The largest absolute Gasteiger partial charge is 0.462 e. The fraction of sp³-hybridized carbons (Fsp3) is 0.772. The number of unbranched alkanes of at least 4 members (excludes halogenated alkanes) is 30. The van der Waals surface area contributed by atoms with E-state index in [0.29, 0.717) is 19.3 Å². The van der Waals surface area contributed by atoms with Gasteiger partial charge in [0.05, 0.1) is 0 Å². The Morgan fingerprint density at radius 3 is 0.968 bits per heavy atom. The molecule has 0 spiro atoms. The lowest BCUT2D eigenvalue weighted by atomic mass is 10.1. The minimum Gasteiger partial charge on any atom is -0.462 e. The first-order chi connectivity index (χ1) is 31.0. The van der Waals surface area contributed by atoms with Gasteiger partial charge in [-0.15, -0.1) is 0 Å². The zero-order chi connectivity index (χ0) is 45.8. The zero-order valence-corrected chi connectivity index (χ0v) is 41.6. The average Bonchev–Trinajstić information content (AvgIpc) is 3.28. The van der Waals surface area contributed by atoms with Crippen molar-refractivity contribution in [1.82, 2.24) is 0 Å². The molecule has 0 aliphatic carbocycles. The molecule has 6 heteroatoms. The molecule has 63 heavy (non-hydrogen) atoms. The molecule has 0 amide bonds. The number of carbonyl (C=O) groups excluding carboxylic acids is 3. The van der Waals surface area contributed by atoms with E-state index < -0.39 is 6.10 Å². The minimum absolute atomic E-state index is 0.0820. The first-order valence-electron chi connectivity index (χ1n) is 26.8. The molecule has 6 nitrogen and oxygen atoms in total. The molecule has 0 aliphatic rings. The van der Waals surface area contributed by atoms with Gasteiger partial charge in [0.15, 0.2) is 6.10 Å². The molecule has 0 aromatic heterocycles. The van der Waals surface area contributed by atoms with Gasteiger partial charge in [0.1, 0.15) is 13.2 Å². The van der Waals surface area contributed by atoms with E-state index in [1.807, 2.05) is 0 Å². The molecule has 0 bridgehead atoms. The van der Waals surface area contributed by atoms with E-state index in [1.165, 1.54) is 141 Å². The van der Waals surface area contributed by atoms with E-state index in [4.69, 9.17) is 14.2 Å². The second-order valence-corrected chi connectivity index (χ2v) is 17.9. The van der Waals surface area contributed by atoms with Crippen LogP contribution in [0.4, 0.5) is 0 Å². The van der Waals surface area contributed by atoms with E-state index in [-0.39, 0.29) is 31.1 Å². The Morgan fingerprint density at radius 2 is 0.587 bits per heavy atom. The van der Waals surface area contributed by atoms with Gasteiger partial charge in [0.2, 0.25) is 0 Å². The number of hydrogen-bond acceptors (Lipinski definition) is 6. The monoisotopic (exact) mass is 881 g/mol. The third-order valence-electron chi connectivity index (χ3n) is 11.6. The minimum atomic E-state index is -0.783. The molecule has 364 valence electrons. The van der Waals surface area contributed by atoms with Crippen molar-refractivity contribution in [3.8, 4) is 0 Å². The van der Waals surface area contributed by atoms with Crippen LogP contribution in [-0.2, 0) is 28.6 Å². The van der Waals surface area contributed by atoms with E-state index in [2.05, 4.69) is 81.5 Å². The van der Waals surface area contributed by atoms with Gasteiger partial charge in [-0.05, 0) is 70.6 Å². The molecule has 1 unspecified atom stereocenters. The summed E-state index contributed by atoms with van der Waals surface area (Å²) in [6.45, 7) is 6.57. The molecular formula is C57H100O6. The van der Waals surface area contributed by atoms with Gasteiger partial charge in [-0.25, -0.2) is 0 Å². The van der Waals surface area contributed by atoms with Gasteiger partial charge in [-0.2, -0.15) is 0 Å². The molecule has 0 saturated heterocycles. The number of esters is 3. The third-order valence-corrected chi connectivity index (χ3v) is 11.6. The summed E-state index contributed by atoms with van der Waals surface area (Å²) in [7, 11) is 0. The lowest BCUT2D eigenvalue weighted by molar-refractivity contribution is -0.167. The third kappa shape index (κ3) is 50.0. The summed E-state index contributed by atoms with van der Waals surface area (Å²) < 4.78 is 16.8. The maximum atomic E-state index is 12.8. The average molecular weight is 881 g/mol. The highest BCUT2D eigenvalue weighted by Crippen LogP contribution is 2.15. The normalized spacial score (nSPS) is 12.5. The van der Waals surface area contributed by atoms with Crippen molar-refractivity contribution in [3.05, 3.63) is 60.8 Å². The van der Waals surface area contributed by atoms with Crippen LogP contribution in [0.2, 0.25) is 0 Å². The molecule has 0 saturated carbocycles. The van der Waals surface area contributed by atoms with Crippen molar-refractivity contribution in [3.63, 3.8) is 0 Å². The lowest BCUT2D eigenvalue weighted by Crippen LogP contribution is -2.30. The van der Waals surface area contributed by atoms with Crippen molar-refractivity contribution in [2.75, 3.05) is 13.2 Å². The van der Waals surface area contributed by atoms with Crippen molar-refractivity contribution >= 4 is 17.9 Å². The first-order valence-corrected chi connectivity index (χ1v) is 26.8. The van der Waals surface area contributed by atoms with Crippen LogP contribution < -0.4 is 0 Å². The molecule has 0 aromatic carbocycles. The van der Waals surface area contributed by atoms with E-state index in [1.54, 1.807) is 0 Å². The molecule has 0 rings (SSSR count). The maximum absolute atomic E-state index is 12.8.